The molecular weight excluding hydrogens is 330 g/mol. The fourth-order valence-electron chi connectivity index (χ4n) is 2.40. The Morgan fingerprint density at radius 1 is 1.14 bits per heavy atom. The van der Waals surface area contributed by atoms with Gasteiger partial charge in [0.05, 0.1) is 5.52 Å². The molecule has 1 heterocycles. The number of aldehydes is 1. The van der Waals surface area contributed by atoms with Crippen LogP contribution < -0.4 is 0 Å². The van der Waals surface area contributed by atoms with E-state index in [0.717, 1.165) is 27.2 Å². The van der Waals surface area contributed by atoms with E-state index < -0.39 is 0 Å². The second-order valence-corrected chi connectivity index (χ2v) is 5.63. The first-order valence-electron chi connectivity index (χ1n) is 6.48. The fourth-order valence-corrected chi connectivity index (χ4v) is 2.96. The average molecular weight is 342 g/mol. The maximum Gasteiger partial charge on any atom is 0.262 e. The van der Waals surface area contributed by atoms with Gasteiger partial charge in [0.25, 0.3) is 5.91 Å². The Balaban J connectivity index is 2.27. The third kappa shape index (κ3) is 2.21. The molecule has 0 aliphatic heterocycles. The molecule has 3 aromatic rings. The van der Waals surface area contributed by atoms with Gasteiger partial charge >= 0.3 is 0 Å². The molecule has 0 atom stereocenters. The Morgan fingerprint density at radius 3 is 2.52 bits per heavy atom. The first-order valence-corrected chi connectivity index (χ1v) is 7.28. The average Bonchev–Trinajstić information content (AvgIpc) is 2.90. The van der Waals surface area contributed by atoms with E-state index in [4.69, 9.17) is 0 Å². The van der Waals surface area contributed by atoms with Crippen molar-refractivity contribution >= 4 is 39.0 Å². The Hall–Kier alpha value is -2.20. The van der Waals surface area contributed by atoms with Crippen LogP contribution in [0.1, 0.15) is 26.3 Å². The maximum absolute atomic E-state index is 12.6. The topological polar surface area (TPSA) is 39.1 Å². The highest BCUT2D eigenvalue weighted by Crippen LogP contribution is 2.31. The second-order valence-electron chi connectivity index (χ2n) is 4.83. The number of aromatic nitrogens is 1. The van der Waals surface area contributed by atoms with E-state index in [0.29, 0.717) is 11.1 Å². The van der Waals surface area contributed by atoms with E-state index in [1.54, 1.807) is 18.3 Å². The molecule has 0 unspecified atom stereocenters. The van der Waals surface area contributed by atoms with Crippen LogP contribution in [0.4, 0.5) is 0 Å². The molecule has 2 aromatic carbocycles. The highest BCUT2D eigenvalue weighted by atomic mass is 79.9. The number of hydrogen-bond donors (Lipinski definition) is 0. The van der Waals surface area contributed by atoms with Crippen molar-refractivity contribution in [2.45, 2.75) is 6.92 Å². The Labute approximate surface area is 130 Å². The maximum atomic E-state index is 12.6. The van der Waals surface area contributed by atoms with E-state index in [9.17, 15) is 9.59 Å². The molecule has 0 N–H and O–H groups in total. The van der Waals surface area contributed by atoms with Gasteiger partial charge in [-0.25, -0.2) is 0 Å². The van der Waals surface area contributed by atoms with Gasteiger partial charge in [-0.2, -0.15) is 0 Å². The van der Waals surface area contributed by atoms with E-state index in [2.05, 4.69) is 15.9 Å². The van der Waals surface area contributed by atoms with Crippen molar-refractivity contribution in [3.63, 3.8) is 0 Å². The number of halogens is 1. The van der Waals surface area contributed by atoms with Gasteiger partial charge in [0.1, 0.15) is 0 Å². The lowest BCUT2D eigenvalue weighted by Crippen LogP contribution is -2.10. The first-order chi connectivity index (χ1) is 10.1. The van der Waals surface area contributed by atoms with Gasteiger partial charge in [0, 0.05) is 27.2 Å². The van der Waals surface area contributed by atoms with Gasteiger partial charge in [-0.15, -0.1) is 0 Å². The Morgan fingerprint density at radius 2 is 1.86 bits per heavy atom. The van der Waals surface area contributed by atoms with Gasteiger partial charge in [-0.1, -0.05) is 24.3 Å². The molecule has 0 fully saturated rings. The van der Waals surface area contributed by atoms with Crippen LogP contribution in [0.25, 0.3) is 10.9 Å². The molecule has 21 heavy (non-hydrogen) atoms. The lowest BCUT2D eigenvalue weighted by atomic mass is 10.1. The van der Waals surface area contributed by atoms with Crippen LogP contribution in [-0.4, -0.2) is 16.8 Å². The molecule has 0 saturated heterocycles. The van der Waals surface area contributed by atoms with E-state index >= 15 is 0 Å². The minimum atomic E-state index is -0.149. The lowest BCUT2D eigenvalue weighted by Gasteiger charge is -2.05. The van der Waals surface area contributed by atoms with Gasteiger partial charge < -0.3 is 0 Å². The number of fused-ring (bicyclic) bond motifs is 1. The van der Waals surface area contributed by atoms with Crippen LogP contribution in [0.5, 0.6) is 0 Å². The van der Waals surface area contributed by atoms with Crippen LogP contribution >= 0.6 is 15.9 Å². The molecule has 0 spiro atoms. The van der Waals surface area contributed by atoms with Crippen molar-refractivity contribution in [2.24, 2.45) is 0 Å². The summed E-state index contributed by atoms with van der Waals surface area (Å²) in [4.78, 5) is 23.9. The lowest BCUT2D eigenvalue weighted by molar-refractivity contribution is 0.0965. The number of carbonyl (C=O) groups excluding carboxylic acids is 2. The third-order valence-electron chi connectivity index (χ3n) is 3.50. The van der Waals surface area contributed by atoms with Crippen molar-refractivity contribution in [3.8, 4) is 0 Å². The zero-order chi connectivity index (χ0) is 15.0. The number of aryl methyl sites for hydroxylation is 1. The SMILES string of the molecule is Cc1ccc2c(c(C=O)cn2C(=O)c2ccccc2)c1Br. The smallest absolute Gasteiger partial charge is 0.262 e. The van der Waals surface area contributed by atoms with Crippen LogP contribution in [0.3, 0.4) is 0 Å². The molecule has 0 radical (unpaired) electrons. The quantitative estimate of drug-likeness (QED) is 0.655. The zero-order valence-electron chi connectivity index (χ0n) is 11.3. The predicted molar refractivity (Wildman–Crippen MR) is 85.9 cm³/mol. The monoisotopic (exact) mass is 341 g/mol. The fraction of sp³-hybridized carbons (Fsp3) is 0.0588. The summed E-state index contributed by atoms with van der Waals surface area (Å²) in [5.41, 5.74) is 2.84. The Bertz CT molecular complexity index is 850. The van der Waals surface area contributed by atoms with Gasteiger partial charge in [0.15, 0.2) is 6.29 Å². The minimum absolute atomic E-state index is 0.149. The van der Waals surface area contributed by atoms with Gasteiger partial charge in [-0.3, -0.25) is 14.2 Å². The largest absolute Gasteiger partial charge is 0.298 e. The normalized spacial score (nSPS) is 10.8. The summed E-state index contributed by atoms with van der Waals surface area (Å²) in [6, 6.07) is 12.8. The van der Waals surface area contributed by atoms with Crippen LogP contribution in [0, 0.1) is 6.92 Å². The molecule has 4 heteroatoms. The van der Waals surface area contributed by atoms with E-state index in [-0.39, 0.29) is 5.91 Å². The van der Waals surface area contributed by atoms with Gasteiger partial charge in [-0.05, 0) is 46.6 Å². The highest BCUT2D eigenvalue weighted by molar-refractivity contribution is 9.10. The standard InChI is InChI=1S/C17H12BrNO2/c1-11-7-8-14-15(16(11)18)13(10-20)9-19(14)17(21)12-5-3-2-4-6-12/h2-10H,1H3. The molecular formula is C17H12BrNO2. The molecule has 0 bridgehead atoms. The molecule has 0 saturated carbocycles. The van der Waals surface area contributed by atoms with Crippen LogP contribution in [0.2, 0.25) is 0 Å². The second kappa shape index (κ2) is 5.30. The zero-order valence-corrected chi connectivity index (χ0v) is 12.9. The van der Waals surface area contributed by atoms with E-state index in [1.807, 2.05) is 37.3 Å². The number of hydrogen-bond acceptors (Lipinski definition) is 2. The van der Waals surface area contributed by atoms with Crippen molar-refractivity contribution in [1.29, 1.82) is 0 Å². The molecule has 104 valence electrons. The summed E-state index contributed by atoms with van der Waals surface area (Å²) in [5, 5.41) is 0.772. The third-order valence-corrected chi connectivity index (χ3v) is 4.52. The summed E-state index contributed by atoms with van der Waals surface area (Å²) in [6.45, 7) is 1.95. The number of benzene rings is 2. The Kier molecular flexibility index (Phi) is 3.47. The number of rotatable bonds is 2. The minimum Gasteiger partial charge on any atom is -0.298 e. The summed E-state index contributed by atoms with van der Waals surface area (Å²) < 4.78 is 2.38. The van der Waals surface area contributed by atoms with Crippen molar-refractivity contribution in [2.75, 3.05) is 0 Å². The highest BCUT2D eigenvalue weighted by Gasteiger charge is 2.17. The van der Waals surface area contributed by atoms with Crippen molar-refractivity contribution < 1.29 is 9.59 Å². The summed E-state index contributed by atoms with van der Waals surface area (Å²) in [7, 11) is 0. The molecule has 0 aliphatic rings. The summed E-state index contributed by atoms with van der Waals surface area (Å²) >= 11 is 3.51. The predicted octanol–water partition coefficient (Wildman–Crippen LogP) is 4.21. The molecule has 3 rings (SSSR count). The number of nitrogens with zero attached hydrogens (tertiary/aromatic N) is 1. The van der Waals surface area contributed by atoms with Crippen molar-refractivity contribution in [3.05, 3.63) is 69.8 Å². The number of carbonyl (C=O) groups is 2. The van der Waals surface area contributed by atoms with Crippen LogP contribution in [-0.2, 0) is 0 Å². The van der Waals surface area contributed by atoms with Crippen LogP contribution in [0.15, 0.2) is 53.1 Å². The summed E-state index contributed by atoms with van der Waals surface area (Å²) in [5.74, 6) is -0.149. The van der Waals surface area contributed by atoms with E-state index in [1.165, 1.54) is 4.57 Å². The van der Waals surface area contributed by atoms with Gasteiger partial charge in [0.2, 0.25) is 0 Å². The molecule has 3 nitrogen and oxygen atoms in total. The molecule has 1 aromatic heterocycles. The molecule has 0 amide bonds. The summed E-state index contributed by atoms with van der Waals surface area (Å²) in [6.07, 6.45) is 2.37. The van der Waals surface area contributed by atoms with Crippen molar-refractivity contribution in [1.82, 2.24) is 4.57 Å². The first kappa shape index (κ1) is 13.8. The molecule has 0 aliphatic carbocycles.